The average molecular weight is 476 g/mol. The third-order valence-electron chi connectivity index (χ3n) is 4.99. The van der Waals surface area contributed by atoms with E-state index in [1.54, 1.807) is 0 Å². The molecule has 182 valence electrons. The van der Waals surface area contributed by atoms with Gasteiger partial charge in [-0.2, -0.15) is 4.98 Å². The average Bonchev–Trinajstić information content (AvgIpc) is 3.24. The first-order chi connectivity index (χ1) is 16.1. The Hall–Kier alpha value is -3.96. The molecule has 2 aromatic heterocycles. The molecule has 14 nitrogen and oxygen atoms in total. The molecular weight excluding hydrogens is 452 g/mol. The van der Waals surface area contributed by atoms with E-state index >= 15 is 0 Å². The number of anilines is 1. The number of aromatic amines is 1. The monoisotopic (exact) mass is 476 g/mol. The van der Waals surface area contributed by atoms with Crippen LogP contribution in [0.25, 0.3) is 11.2 Å². The van der Waals surface area contributed by atoms with E-state index in [0.29, 0.717) is 0 Å². The van der Waals surface area contributed by atoms with Crippen LogP contribution in [0.2, 0.25) is 0 Å². The van der Waals surface area contributed by atoms with Crippen molar-refractivity contribution in [2.45, 2.75) is 58.3 Å². The van der Waals surface area contributed by atoms with E-state index in [4.69, 9.17) is 26.4 Å². The Morgan fingerprint density at radius 1 is 1.32 bits per heavy atom. The number of esters is 2. The number of carbonyl (C=O) groups is 3. The molecular formula is C20H24N6O8. The summed E-state index contributed by atoms with van der Waals surface area (Å²) in [5.41, 5.74) is 3.90. The van der Waals surface area contributed by atoms with Gasteiger partial charge in [0, 0.05) is 33.7 Å². The molecule has 0 aromatic carbocycles. The molecule has 34 heavy (non-hydrogen) atoms. The van der Waals surface area contributed by atoms with Gasteiger partial charge in [-0.05, 0) is 0 Å². The molecule has 1 saturated heterocycles. The van der Waals surface area contributed by atoms with Crippen molar-refractivity contribution in [3.63, 3.8) is 0 Å². The second kappa shape index (κ2) is 9.89. The Kier molecular flexibility index (Phi) is 7.18. The molecule has 0 bridgehead atoms. The zero-order chi connectivity index (χ0) is 25.2. The number of imidazole rings is 1. The molecule has 0 saturated carbocycles. The normalized spacial score (nSPS) is 20.5. The molecule has 0 radical (unpaired) electrons. The number of hydrogen-bond acceptors (Lipinski definition) is 10. The van der Waals surface area contributed by atoms with Gasteiger partial charge in [-0.3, -0.25) is 34.0 Å². The van der Waals surface area contributed by atoms with Crippen LogP contribution in [0.5, 0.6) is 0 Å². The fourth-order valence-electron chi connectivity index (χ4n) is 3.82. The highest BCUT2D eigenvalue weighted by atomic mass is 16.6. The number of ether oxygens (including phenoxy) is 3. The topological polar surface area (TPSA) is 190 Å². The quantitative estimate of drug-likeness (QED) is 0.316. The second-order valence-corrected chi connectivity index (χ2v) is 7.54. The van der Waals surface area contributed by atoms with E-state index in [0.717, 1.165) is 9.13 Å². The van der Waals surface area contributed by atoms with Crippen molar-refractivity contribution in [2.75, 3.05) is 11.9 Å². The number of amides is 1. The van der Waals surface area contributed by atoms with Crippen LogP contribution in [0.1, 0.15) is 33.4 Å². The number of rotatable bonds is 7. The molecule has 14 heteroatoms. The molecule has 0 spiro atoms. The summed E-state index contributed by atoms with van der Waals surface area (Å²) in [6, 6.07) is 0. The molecule has 3 rings (SSSR count). The van der Waals surface area contributed by atoms with Gasteiger partial charge in [-0.15, -0.1) is 6.42 Å². The van der Waals surface area contributed by atoms with Gasteiger partial charge in [0.2, 0.25) is 11.9 Å². The fourth-order valence-corrected chi connectivity index (χ4v) is 3.82. The van der Waals surface area contributed by atoms with Gasteiger partial charge in [0.1, 0.15) is 18.3 Å². The highest BCUT2D eigenvalue weighted by Crippen LogP contribution is 2.34. The van der Waals surface area contributed by atoms with Gasteiger partial charge in [0.25, 0.3) is 5.56 Å². The SMILES string of the molecule is C#CCn1c(=O)n([C@@H]2O[C@H]([C@H](CN)OC(C)=O)C[C@H]2OC(C)=O)c2nc(NC(C)=O)[nH]c(=O)c21. The predicted molar refractivity (Wildman–Crippen MR) is 116 cm³/mol. The maximum atomic E-state index is 13.3. The summed E-state index contributed by atoms with van der Waals surface area (Å²) in [6.45, 7) is 3.24. The van der Waals surface area contributed by atoms with E-state index in [1.807, 2.05) is 0 Å². The first kappa shape index (κ1) is 24.7. The van der Waals surface area contributed by atoms with E-state index in [2.05, 4.69) is 21.2 Å². The van der Waals surface area contributed by atoms with Gasteiger partial charge < -0.3 is 19.9 Å². The van der Waals surface area contributed by atoms with Gasteiger partial charge in [0.05, 0.1) is 6.54 Å². The Morgan fingerprint density at radius 2 is 2.03 bits per heavy atom. The number of aromatic nitrogens is 4. The van der Waals surface area contributed by atoms with Gasteiger partial charge in [-0.1, -0.05) is 5.92 Å². The van der Waals surface area contributed by atoms with Crippen LogP contribution < -0.4 is 22.3 Å². The molecule has 1 amide bonds. The third-order valence-corrected chi connectivity index (χ3v) is 4.99. The molecule has 4 N–H and O–H groups in total. The standard InChI is InChI=1S/C20H24N6O8/c1-5-6-25-15-16(23-19(22-9(2)27)24-17(15)30)26(20(25)31)18-13(32-10(3)28)7-12(34-18)14(8-21)33-11(4)29/h1,12-14,18H,6-8,21H2,2-4H3,(H2,22,23,24,27,30)/t12-,13+,14-,18+/m0/s1. The molecule has 0 unspecified atom stereocenters. The smallest absolute Gasteiger partial charge is 0.333 e. The number of nitrogens with zero attached hydrogens (tertiary/aromatic N) is 3. The van der Waals surface area contributed by atoms with Crippen LogP contribution in [0, 0.1) is 12.3 Å². The zero-order valence-corrected chi connectivity index (χ0v) is 18.7. The van der Waals surface area contributed by atoms with Crippen molar-refractivity contribution >= 4 is 35.0 Å². The van der Waals surface area contributed by atoms with Gasteiger partial charge in [-0.25, -0.2) is 9.36 Å². The third kappa shape index (κ3) is 4.85. The Morgan fingerprint density at radius 3 is 2.59 bits per heavy atom. The Balaban J connectivity index is 2.20. The first-order valence-electron chi connectivity index (χ1n) is 10.2. The second-order valence-electron chi connectivity index (χ2n) is 7.54. The van der Waals surface area contributed by atoms with Gasteiger partial charge >= 0.3 is 17.6 Å². The molecule has 2 aromatic rings. The summed E-state index contributed by atoms with van der Waals surface area (Å²) in [5.74, 6) is 0.323. The number of nitrogens with one attached hydrogen (secondary N) is 2. The van der Waals surface area contributed by atoms with Gasteiger partial charge in [0.15, 0.2) is 17.4 Å². The maximum absolute atomic E-state index is 13.3. The van der Waals surface area contributed by atoms with Crippen LogP contribution in [-0.4, -0.2) is 61.8 Å². The van der Waals surface area contributed by atoms with Crippen LogP contribution in [-0.2, 0) is 35.1 Å². The minimum atomic E-state index is -1.26. The van der Waals surface area contributed by atoms with E-state index in [-0.39, 0.29) is 36.6 Å². The van der Waals surface area contributed by atoms with Crippen LogP contribution in [0.4, 0.5) is 5.95 Å². The van der Waals surface area contributed by atoms with Crippen LogP contribution in [0.15, 0.2) is 9.59 Å². The number of hydrogen-bond donors (Lipinski definition) is 3. The largest absolute Gasteiger partial charge is 0.458 e. The lowest BCUT2D eigenvalue weighted by Gasteiger charge is -2.22. The number of fused-ring (bicyclic) bond motifs is 1. The summed E-state index contributed by atoms with van der Waals surface area (Å²) in [6.07, 6.45) is 1.42. The van der Waals surface area contributed by atoms with Crippen LogP contribution in [0.3, 0.4) is 0 Å². The lowest BCUT2D eigenvalue weighted by atomic mass is 10.1. The minimum Gasteiger partial charge on any atom is -0.458 e. The molecule has 0 aliphatic carbocycles. The van der Waals surface area contributed by atoms with Crippen molar-refractivity contribution in [1.82, 2.24) is 19.1 Å². The van der Waals surface area contributed by atoms with Crippen molar-refractivity contribution in [3.8, 4) is 12.3 Å². The number of H-pyrrole nitrogens is 1. The lowest BCUT2D eigenvalue weighted by Crippen LogP contribution is -2.37. The molecule has 1 fully saturated rings. The van der Waals surface area contributed by atoms with E-state index in [9.17, 15) is 24.0 Å². The highest BCUT2D eigenvalue weighted by molar-refractivity contribution is 5.87. The van der Waals surface area contributed by atoms with Crippen LogP contribution >= 0.6 is 0 Å². The highest BCUT2D eigenvalue weighted by Gasteiger charge is 2.45. The van der Waals surface area contributed by atoms with Crippen molar-refractivity contribution in [3.05, 3.63) is 20.8 Å². The van der Waals surface area contributed by atoms with E-state index in [1.165, 1.54) is 20.8 Å². The number of terminal acetylenes is 1. The fraction of sp³-hybridized carbons (Fsp3) is 0.500. The van der Waals surface area contributed by atoms with E-state index < -0.39 is 53.6 Å². The summed E-state index contributed by atoms with van der Waals surface area (Å²) in [7, 11) is 0. The molecule has 1 aliphatic heterocycles. The molecule has 1 aliphatic rings. The minimum absolute atomic E-state index is 0.0371. The summed E-state index contributed by atoms with van der Waals surface area (Å²) >= 11 is 0. The molecule has 4 atom stereocenters. The predicted octanol–water partition coefficient (Wildman–Crippen LogP) is -1.41. The summed E-state index contributed by atoms with van der Waals surface area (Å²) in [5, 5.41) is 2.35. The summed E-state index contributed by atoms with van der Waals surface area (Å²) < 4.78 is 18.6. The lowest BCUT2D eigenvalue weighted by molar-refractivity contribution is -0.157. The number of carbonyl (C=O) groups excluding carboxylic acids is 3. The zero-order valence-electron chi connectivity index (χ0n) is 18.7. The summed E-state index contributed by atoms with van der Waals surface area (Å²) in [4.78, 5) is 67.4. The Labute approximate surface area is 192 Å². The Bertz CT molecular complexity index is 1280. The molecule has 3 heterocycles. The van der Waals surface area contributed by atoms with Crippen molar-refractivity contribution < 1.29 is 28.6 Å². The van der Waals surface area contributed by atoms with Crippen molar-refractivity contribution in [2.24, 2.45) is 5.73 Å². The van der Waals surface area contributed by atoms with Crippen molar-refractivity contribution in [1.29, 1.82) is 0 Å². The maximum Gasteiger partial charge on any atom is 0.333 e. The number of nitrogens with two attached hydrogens (primary N) is 1. The first-order valence-corrected chi connectivity index (χ1v) is 10.2.